The Bertz CT molecular complexity index is 589. The first kappa shape index (κ1) is 21.1. The van der Waals surface area contributed by atoms with Gasteiger partial charge in [0.05, 0.1) is 7.11 Å². The molecule has 0 spiro atoms. The smallest absolute Gasteiger partial charge is 0.332 e. The third-order valence-corrected chi connectivity index (χ3v) is 4.07. The fourth-order valence-corrected chi connectivity index (χ4v) is 3.13. The highest BCUT2D eigenvalue weighted by molar-refractivity contribution is 5.73. The van der Waals surface area contributed by atoms with E-state index in [1.165, 1.54) is 28.1 Å². The molecule has 11 nitrogen and oxygen atoms in total. The fourth-order valence-electron chi connectivity index (χ4n) is 3.13. The van der Waals surface area contributed by atoms with Gasteiger partial charge in [0.25, 0.3) is 0 Å². The maximum Gasteiger partial charge on any atom is 0.332 e. The second-order valence-corrected chi connectivity index (χ2v) is 5.94. The Morgan fingerprint density at radius 1 is 0.741 bits per heavy atom. The number of carbonyl (C=O) groups is 4. The number of hydrogen-bond donors (Lipinski definition) is 0. The molecular weight excluding hydrogens is 368 g/mol. The van der Waals surface area contributed by atoms with Crippen LogP contribution < -0.4 is 0 Å². The molecule has 0 aromatic rings. The van der Waals surface area contributed by atoms with Gasteiger partial charge in [-0.25, -0.2) is 9.59 Å². The molecule has 0 saturated carbocycles. The molecule has 6 atom stereocenters. The molecule has 152 valence electrons. The number of fused-ring (bicyclic) bond motifs is 2. The molecule has 0 amide bonds. The Morgan fingerprint density at radius 3 is 1.74 bits per heavy atom. The van der Waals surface area contributed by atoms with Crippen molar-refractivity contribution in [1.82, 2.24) is 0 Å². The lowest BCUT2D eigenvalue weighted by atomic mass is 9.89. The van der Waals surface area contributed by atoms with Crippen molar-refractivity contribution in [2.75, 3.05) is 27.4 Å². The first-order chi connectivity index (χ1) is 12.8. The summed E-state index contributed by atoms with van der Waals surface area (Å²) < 4.78 is 36.1. The minimum atomic E-state index is -0.982. The van der Waals surface area contributed by atoms with Gasteiger partial charge in [-0.3, -0.25) is 9.59 Å². The summed E-state index contributed by atoms with van der Waals surface area (Å²) in [4.78, 5) is 45.8. The minimum Gasteiger partial charge on any atom is -0.467 e. The van der Waals surface area contributed by atoms with Gasteiger partial charge in [0, 0.05) is 21.0 Å². The first-order valence-corrected chi connectivity index (χ1v) is 8.15. The maximum atomic E-state index is 12.0. The van der Waals surface area contributed by atoms with Crippen LogP contribution in [0.3, 0.4) is 0 Å². The van der Waals surface area contributed by atoms with E-state index in [-0.39, 0.29) is 0 Å². The molecule has 0 aliphatic carbocycles. The highest BCUT2D eigenvalue weighted by Gasteiger charge is 2.65. The van der Waals surface area contributed by atoms with Gasteiger partial charge >= 0.3 is 23.9 Å². The summed E-state index contributed by atoms with van der Waals surface area (Å²) in [6, 6.07) is 0. The minimum absolute atomic E-state index is 0.415. The molecular formula is C16H22O11. The molecule has 4 unspecified atom stereocenters. The van der Waals surface area contributed by atoms with Crippen LogP contribution in [0, 0.1) is 0 Å². The maximum absolute atomic E-state index is 12.0. The topological polar surface area (TPSA) is 133 Å². The lowest BCUT2D eigenvalue weighted by Crippen LogP contribution is -2.57. The number of carbonyl (C=O) groups excluding carboxylic acids is 4. The van der Waals surface area contributed by atoms with Gasteiger partial charge in [0.15, 0.2) is 18.3 Å². The van der Waals surface area contributed by atoms with Crippen LogP contribution in [-0.2, 0) is 52.3 Å². The molecule has 2 saturated heterocycles. The zero-order chi connectivity index (χ0) is 20.1. The zero-order valence-electron chi connectivity index (χ0n) is 15.4. The second kappa shape index (κ2) is 9.11. The highest BCUT2D eigenvalue weighted by atomic mass is 16.7. The van der Waals surface area contributed by atoms with Crippen LogP contribution in [0.2, 0.25) is 0 Å². The van der Waals surface area contributed by atoms with Crippen LogP contribution in [0.5, 0.6) is 0 Å². The van der Waals surface area contributed by atoms with E-state index in [1.807, 2.05) is 0 Å². The van der Waals surface area contributed by atoms with Gasteiger partial charge in [0.2, 0.25) is 0 Å². The van der Waals surface area contributed by atoms with Crippen molar-refractivity contribution in [2.24, 2.45) is 0 Å². The Balaban J connectivity index is 2.05. The molecule has 27 heavy (non-hydrogen) atoms. The van der Waals surface area contributed by atoms with Crippen molar-refractivity contribution in [3.63, 3.8) is 0 Å². The third kappa shape index (κ3) is 4.93. The average molecular weight is 390 g/mol. The number of esters is 4. The summed E-state index contributed by atoms with van der Waals surface area (Å²) in [7, 11) is 2.58. The largest absolute Gasteiger partial charge is 0.467 e. The van der Waals surface area contributed by atoms with Crippen molar-refractivity contribution in [1.29, 1.82) is 0 Å². The van der Waals surface area contributed by atoms with E-state index in [2.05, 4.69) is 4.74 Å². The van der Waals surface area contributed by atoms with Crippen LogP contribution in [0.1, 0.15) is 13.8 Å². The van der Waals surface area contributed by atoms with Crippen LogP contribution in [0.15, 0.2) is 0 Å². The fraction of sp³-hybridized carbons (Fsp3) is 0.750. The first-order valence-electron chi connectivity index (χ1n) is 8.15. The van der Waals surface area contributed by atoms with Crippen molar-refractivity contribution >= 4 is 23.9 Å². The Morgan fingerprint density at radius 2 is 1.22 bits per heavy atom. The summed E-state index contributed by atoms with van der Waals surface area (Å²) in [6.45, 7) is 1.50. The van der Waals surface area contributed by atoms with Crippen LogP contribution in [0.4, 0.5) is 0 Å². The summed E-state index contributed by atoms with van der Waals surface area (Å²) in [6.07, 6.45) is -5.13. The normalized spacial score (nSPS) is 31.3. The molecule has 11 heteroatoms. The molecule has 0 radical (unpaired) electrons. The molecule has 2 fully saturated rings. The van der Waals surface area contributed by atoms with Crippen LogP contribution in [0.25, 0.3) is 0 Å². The van der Waals surface area contributed by atoms with Crippen LogP contribution in [-0.4, -0.2) is 87.9 Å². The van der Waals surface area contributed by atoms with E-state index >= 15 is 0 Å². The van der Waals surface area contributed by atoms with Gasteiger partial charge in [-0.15, -0.1) is 0 Å². The number of ether oxygens (including phenoxy) is 7. The van der Waals surface area contributed by atoms with E-state index in [0.29, 0.717) is 0 Å². The lowest BCUT2D eigenvalue weighted by molar-refractivity contribution is -0.186. The predicted octanol–water partition coefficient (Wildman–Crippen LogP) is -1.25. The van der Waals surface area contributed by atoms with Gasteiger partial charge in [-0.05, 0) is 0 Å². The SMILES string of the molecule is COC(=O)COCC(=O)OC1C(OC(C)=O)C2O[C@@H]1[C@@H](OC)C2OC(C)=O. The van der Waals surface area contributed by atoms with Crippen molar-refractivity contribution in [3.05, 3.63) is 0 Å². The molecule has 2 rings (SSSR count). The number of methoxy groups -OCH3 is 2. The Hall–Kier alpha value is -2.24. The van der Waals surface area contributed by atoms with E-state index in [9.17, 15) is 19.2 Å². The third-order valence-electron chi connectivity index (χ3n) is 4.07. The summed E-state index contributed by atoms with van der Waals surface area (Å²) in [5.41, 5.74) is 0. The monoisotopic (exact) mass is 390 g/mol. The lowest BCUT2D eigenvalue weighted by Gasteiger charge is -2.35. The molecule has 0 N–H and O–H groups in total. The van der Waals surface area contributed by atoms with Crippen molar-refractivity contribution in [2.45, 2.75) is 50.5 Å². The van der Waals surface area contributed by atoms with Gasteiger partial charge < -0.3 is 33.2 Å². The van der Waals surface area contributed by atoms with Crippen LogP contribution >= 0.6 is 0 Å². The molecule has 0 aromatic carbocycles. The molecule has 2 heterocycles. The molecule has 2 bridgehead atoms. The summed E-state index contributed by atoms with van der Waals surface area (Å²) in [5.74, 6) is -2.61. The van der Waals surface area contributed by atoms with Gasteiger partial charge in [-0.1, -0.05) is 0 Å². The second-order valence-electron chi connectivity index (χ2n) is 5.94. The summed E-state index contributed by atoms with van der Waals surface area (Å²) in [5, 5.41) is 0. The van der Waals surface area contributed by atoms with Gasteiger partial charge in [0.1, 0.15) is 31.5 Å². The average Bonchev–Trinajstić information content (AvgIpc) is 3.10. The van der Waals surface area contributed by atoms with E-state index in [1.54, 1.807) is 0 Å². The standard InChI is InChI=1S/C16H22O11/c1-7(17)24-12-11(22-4)13-15(14(16(12)27-13)25-8(2)18)26-10(20)6-23-5-9(19)21-3/h11-16H,5-6H2,1-4H3/t11-,12?,13+,14?,15?,16?/m0/s1. The van der Waals surface area contributed by atoms with E-state index in [4.69, 9.17) is 28.4 Å². The highest BCUT2D eigenvalue weighted by Crippen LogP contribution is 2.41. The molecule has 0 aromatic heterocycles. The van der Waals surface area contributed by atoms with Crippen molar-refractivity contribution in [3.8, 4) is 0 Å². The number of hydrogen-bond acceptors (Lipinski definition) is 11. The molecule has 2 aliphatic rings. The Labute approximate surface area is 155 Å². The predicted molar refractivity (Wildman–Crippen MR) is 83.3 cm³/mol. The zero-order valence-corrected chi connectivity index (χ0v) is 15.4. The summed E-state index contributed by atoms with van der Waals surface area (Å²) >= 11 is 0. The quantitative estimate of drug-likeness (QED) is 0.363. The van der Waals surface area contributed by atoms with Crippen molar-refractivity contribution < 1.29 is 52.3 Å². The molecule has 2 aliphatic heterocycles. The number of rotatable bonds is 8. The van der Waals surface area contributed by atoms with Gasteiger partial charge in [-0.2, -0.15) is 0 Å². The Kier molecular flexibility index (Phi) is 7.11. The van der Waals surface area contributed by atoms with E-state index in [0.717, 1.165) is 0 Å². The van der Waals surface area contributed by atoms with E-state index < -0.39 is 73.7 Å².